The highest BCUT2D eigenvalue weighted by Crippen LogP contribution is 2.31. The number of rotatable bonds is 8. The fourth-order valence-electron chi connectivity index (χ4n) is 3.35. The topological polar surface area (TPSA) is 163 Å². The first-order valence-corrected chi connectivity index (χ1v) is 12.1. The number of phenolic OH excluding ortho intramolecular Hbond substituents is 2. The minimum Gasteiger partial charge on any atom is -0.508 e. The van der Waals surface area contributed by atoms with E-state index in [1.807, 2.05) is 0 Å². The summed E-state index contributed by atoms with van der Waals surface area (Å²) in [5.74, 6) is -2.18. The first-order valence-electron chi connectivity index (χ1n) is 11.2. The van der Waals surface area contributed by atoms with Crippen molar-refractivity contribution in [1.29, 1.82) is 0 Å². The van der Waals surface area contributed by atoms with Crippen LogP contribution in [0.5, 0.6) is 11.5 Å². The van der Waals surface area contributed by atoms with Crippen LogP contribution in [0.15, 0.2) is 75.6 Å². The average Bonchev–Trinajstić information content (AvgIpc) is 3.61. The molecule has 0 bridgehead atoms. The van der Waals surface area contributed by atoms with Crippen LogP contribution in [-0.4, -0.2) is 31.1 Å². The van der Waals surface area contributed by atoms with Gasteiger partial charge >= 0.3 is 0 Å². The summed E-state index contributed by atoms with van der Waals surface area (Å²) in [6.07, 6.45) is 2.83. The zero-order chi connectivity index (χ0) is 27.4. The summed E-state index contributed by atoms with van der Waals surface area (Å²) in [4.78, 5) is 36.1. The van der Waals surface area contributed by atoms with E-state index in [4.69, 9.17) is 4.42 Å². The molecule has 0 aliphatic heterocycles. The Morgan fingerprint density at radius 1 is 0.974 bits per heavy atom. The quantitative estimate of drug-likeness (QED) is 0.129. The molecule has 0 spiro atoms. The molecule has 0 atom stereocenters. The van der Waals surface area contributed by atoms with Crippen molar-refractivity contribution in [2.75, 3.05) is 10.6 Å². The first kappa shape index (κ1) is 25.2. The number of aromatic hydroxyl groups is 2. The van der Waals surface area contributed by atoms with Crippen molar-refractivity contribution in [2.45, 2.75) is 0 Å². The lowest BCUT2D eigenvalue weighted by molar-refractivity contribution is 0.102. The van der Waals surface area contributed by atoms with E-state index in [1.54, 1.807) is 18.2 Å². The van der Waals surface area contributed by atoms with Gasteiger partial charge in [-0.25, -0.2) is 15.0 Å². The van der Waals surface area contributed by atoms with Gasteiger partial charge < -0.3 is 25.3 Å². The number of furan rings is 1. The summed E-state index contributed by atoms with van der Waals surface area (Å²) in [5.41, 5.74) is 0.858. The summed E-state index contributed by atoms with van der Waals surface area (Å²) in [5, 5.41) is 29.4. The molecule has 5 rings (SSSR count). The number of aromatic nitrogens is 3. The van der Waals surface area contributed by atoms with Gasteiger partial charge in [-0.05, 0) is 54.6 Å². The van der Waals surface area contributed by atoms with Crippen LogP contribution in [0.4, 0.5) is 27.6 Å². The van der Waals surface area contributed by atoms with Crippen LogP contribution >= 0.6 is 11.3 Å². The molecule has 1 amide bonds. The highest BCUT2D eigenvalue weighted by atomic mass is 32.1. The number of halogens is 1. The maximum atomic E-state index is 15.4. The van der Waals surface area contributed by atoms with Gasteiger partial charge in [0.1, 0.15) is 28.0 Å². The number of amides is 1. The highest BCUT2D eigenvalue weighted by molar-refractivity contribution is 7.13. The van der Waals surface area contributed by atoms with E-state index in [0.717, 1.165) is 11.3 Å². The van der Waals surface area contributed by atoms with Gasteiger partial charge in [-0.1, -0.05) is 12.1 Å². The molecule has 0 unspecified atom stereocenters. The fourth-order valence-corrected chi connectivity index (χ4v) is 4.19. The van der Waals surface area contributed by atoms with Crippen molar-refractivity contribution >= 4 is 52.6 Å². The number of thiazole rings is 1. The van der Waals surface area contributed by atoms with Crippen LogP contribution in [-0.2, 0) is 0 Å². The molecule has 5 aromatic rings. The summed E-state index contributed by atoms with van der Waals surface area (Å²) in [6.45, 7) is 0. The first-order chi connectivity index (χ1) is 18.9. The van der Waals surface area contributed by atoms with Gasteiger partial charge in [-0.2, -0.15) is 4.39 Å². The number of benzene rings is 2. The predicted molar refractivity (Wildman–Crippen MR) is 144 cm³/mol. The number of hydrogen-bond acceptors (Lipinski definition) is 11. The van der Waals surface area contributed by atoms with Crippen molar-refractivity contribution in [3.8, 4) is 22.1 Å². The van der Waals surface area contributed by atoms with Crippen LogP contribution in [0.1, 0.15) is 22.1 Å². The number of nitrogens with one attached hydrogen (secondary N) is 2. The van der Waals surface area contributed by atoms with Crippen LogP contribution in [0.2, 0.25) is 0 Å². The minimum atomic E-state index is -0.949. The molecule has 0 aliphatic rings. The SMILES string of the molecule is O=Nc1ccc(/C=C/c2nc(NC(=O)c3csc(-c4ccccc4O)n3)c(F)c(Nc3ccc(O)cc3)n2)o1. The van der Waals surface area contributed by atoms with E-state index in [1.165, 1.54) is 60.0 Å². The van der Waals surface area contributed by atoms with Gasteiger partial charge in [0.25, 0.3) is 11.8 Å². The molecule has 0 fully saturated rings. The molecule has 3 aromatic heterocycles. The van der Waals surface area contributed by atoms with Gasteiger partial charge in [0.15, 0.2) is 17.5 Å². The predicted octanol–water partition coefficient (Wildman–Crippen LogP) is 6.31. The molecule has 39 heavy (non-hydrogen) atoms. The van der Waals surface area contributed by atoms with Crippen LogP contribution in [0, 0.1) is 10.7 Å². The van der Waals surface area contributed by atoms with Crippen molar-refractivity contribution in [2.24, 2.45) is 5.18 Å². The number of nitrogens with zero attached hydrogens (tertiary/aromatic N) is 4. The third-order valence-corrected chi connectivity index (χ3v) is 6.08. The Kier molecular flexibility index (Phi) is 7.05. The second kappa shape index (κ2) is 10.9. The van der Waals surface area contributed by atoms with E-state index in [9.17, 15) is 19.9 Å². The Morgan fingerprint density at radius 2 is 1.74 bits per heavy atom. The number of phenols is 2. The summed E-state index contributed by atoms with van der Waals surface area (Å²) in [6, 6.07) is 15.3. The zero-order valence-corrected chi connectivity index (χ0v) is 20.5. The highest BCUT2D eigenvalue weighted by Gasteiger charge is 2.20. The molecule has 0 saturated heterocycles. The molecule has 3 heterocycles. The van der Waals surface area contributed by atoms with Crippen LogP contribution in [0.25, 0.3) is 22.7 Å². The van der Waals surface area contributed by atoms with Crippen LogP contribution in [0.3, 0.4) is 0 Å². The maximum absolute atomic E-state index is 15.4. The van der Waals surface area contributed by atoms with E-state index < -0.39 is 17.5 Å². The zero-order valence-electron chi connectivity index (χ0n) is 19.7. The molecule has 11 nitrogen and oxygen atoms in total. The molecule has 0 aliphatic carbocycles. The van der Waals surface area contributed by atoms with Crippen molar-refractivity contribution in [1.82, 2.24) is 15.0 Å². The molecule has 4 N–H and O–H groups in total. The summed E-state index contributed by atoms with van der Waals surface area (Å²) >= 11 is 1.14. The Hall–Kier alpha value is -5.43. The molecule has 0 radical (unpaired) electrons. The molecule has 2 aromatic carbocycles. The monoisotopic (exact) mass is 544 g/mol. The number of anilines is 3. The molecule has 13 heteroatoms. The maximum Gasteiger partial charge on any atom is 0.276 e. The molecular formula is C26H17FN6O5S. The van der Waals surface area contributed by atoms with Gasteiger partial charge in [-0.3, -0.25) is 4.79 Å². The smallest absolute Gasteiger partial charge is 0.276 e. The Morgan fingerprint density at radius 3 is 2.49 bits per heavy atom. The van der Waals surface area contributed by atoms with E-state index in [0.29, 0.717) is 16.3 Å². The standard InChI is InChI=1S/C26H17FN6O5S/c27-22-23(28-14-5-7-15(34)8-6-14)30-20(11-9-16-10-12-21(33-37)38-16)31-24(22)32-25(36)18-13-39-26(29-18)17-3-1-2-4-19(17)35/h1-13,34-35H,(H2,28,30,31,32,36)/b11-9+. The average molecular weight is 545 g/mol. The van der Waals surface area contributed by atoms with Crippen molar-refractivity contribution < 1.29 is 23.8 Å². The minimum absolute atomic E-state index is 0.00170. The second-order valence-electron chi connectivity index (χ2n) is 7.87. The number of hydrogen-bond donors (Lipinski definition) is 4. The van der Waals surface area contributed by atoms with Gasteiger partial charge in [0.05, 0.1) is 5.56 Å². The number of nitroso groups, excluding NO2 is 1. The third kappa shape index (κ3) is 5.78. The summed E-state index contributed by atoms with van der Waals surface area (Å²) in [7, 11) is 0. The normalized spacial score (nSPS) is 11.0. The molecular weight excluding hydrogens is 527 g/mol. The Labute approximate surface area is 223 Å². The van der Waals surface area contributed by atoms with E-state index >= 15 is 4.39 Å². The van der Waals surface area contributed by atoms with Crippen LogP contribution < -0.4 is 10.6 Å². The van der Waals surface area contributed by atoms with Crippen molar-refractivity contribution in [3.63, 3.8) is 0 Å². The Balaban J connectivity index is 1.45. The lowest BCUT2D eigenvalue weighted by Gasteiger charge is -2.11. The van der Waals surface area contributed by atoms with Gasteiger partial charge in [0, 0.05) is 22.3 Å². The van der Waals surface area contributed by atoms with Gasteiger partial charge in [0.2, 0.25) is 5.82 Å². The fraction of sp³-hybridized carbons (Fsp3) is 0. The van der Waals surface area contributed by atoms with Crippen molar-refractivity contribution in [3.05, 3.63) is 94.0 Å². The third-order valence-electron chi connectivity index (χ3n) is 5.20. The lowest BCUT2D eigenvalue weighted by Crippen LogP contribution is -2.16. The second-order valence-corrected chi connectivity index (χ2v) is 8.73. The molecule has 0 saturated carbocycles. The van der Waals surface area contributed by atoms with Gasteiger partial charge in [-0.15, -0.1) is 16.2 Å². The number of carbonyl (C=O) groups is 1. The Bertz CT molecular complexity index is 1700. The summed E-state index contributed by atoms with van der Waals surface area (Å²) < 4.78 is 20.6. The lowest BCUT2D eigenvalue weighted by atomic mass is 10.2. The van der Waals surface area contributed by atoms with E-state index in [2.05, 4.69) is 30.8 Å². The largest absolute Gasteiger partial charge is 0.508 e. The number of carbonyl (C=O) groups excluding carboxylic acids is 1. The number of para-hydroxylation sites is 1. The van der Waals surface area contributed by atoms with E-state index in [-0.39, 0.29) is 40.5 Å². The molecule has 194 valence electrons.